The van der Waals surface area contributed by atoms with Crippen molar-refractivity contribution in [1.82, 2.24) is 19.8 Å². The first kappa shape index (κ1) is 19.1. The summed E-state index contributed by atoms with van der Waals surface area (Å²) in [6.07, 6.45) is 13.1. The van der Waals surface area contributed by atoms with Gasteiger partial charge in [0.1, 0.15) is 0 Å². The van der Waals surface area contributed by atoms with E-state index in [9.17, 15) is 0 Å². The quantitative estimate of drug-likeness (QED) is 0.742. The van der Waals surface area contributed by atoms with Crippen LogP contribution in [0.3, 0.4) is 0 Å². The molecule has 29 heavy (non-hydrogen) atoms. The van der Waals surface area contributed by atoms with Crippen molar-refractivity contribution in [2.75, 3.05) is 6.61 Å². The highest BCUT2D eigenvalue weighted by Gasteiger charge is 2.44. The molecule has 3 fully saturated rings. The SMILES string of the molecule is S=C1N[C@H](c2ccccn2)[C@@H](c2cccn2C[C@H]2CCCO2)N1C1CCCCC1. The minimum Gasteiger partial charge on any atom is -0.376 e. The molecule has 1 N–H and O–H groups in total. The number of hydrogen-bond donors (Lipinski definition) is 1. The second-order valence-corrected chi connectivity index (χ2v) is 8.93. The van der Waals surface area contributed by atoms with Crippen LogP contribution >= 0.6 is 12.2 Å². The summed E-state index contributed by atoms with van der Waals surface area (Å²) in [5.41, 5.74) is 2.37. The average molecular weight is 411 g/mol. The summed E-state index contributed by atoms with van der Waals surface area (Å²) in [6, 6.07) is 11.3. The van der Waals surface area contributed by atoms with Crippen LogP contribution in [0.1, 0.15) is 68.4 Å². The second kappa shape index (κ2) is 8.44. The molecule has 0 amide bonds. The number of ether oxygens (including phenoxy) is 1. The standard InChI is InChI=1S/C23H30N4OS/c29-23-25-21(19-11-4-5-13-24-19)22(27(23)17-8-2-1-3-9-17)20-12-6-14-26(20)16-18-10-7-15-28-18/h4-6,11-14,17-18,21-22H,1-3,7-10,15-16H2,(H,25,29)/t18-,21-,22-/m1/s1. The molecule has 2 aromatic heterocycles. The Kier molecular flexibility index (Phi) is 5.55. The molecule has 6 heteroatoms. The Morgan fingerprint density at radius 1 is 1.07 bits per heavy atom. The third kappa shape index (κ3) is 3.80. The predicted octanol–water partition coefficient (Wildman–Crippen LogP) is 4.37. The molecule has 3 atom stereocenters. The Morgan fingerprint density at radius 2 is 1.97 bits per heavy atom. The van der Waals surface area contributed by atoms with E-state index in [4.69, 9.17) is 17.0 Å². The molecule has 5 rings (SSSR count). The lowest BCUT2D eigenvalue weighted by molar-refractivity contribution is 0.0945. The summed E-state index contributed by atoms with van der Waals surface area (Å²) >= 11 is 5.89. The summed E-state index contributed by atoms with van der Waals surface area (Å²) in [7, 11) is 0. The molecular formula is C23H30N4OS. The predicted molar refractivity (Wildman–Crippen MR) is 118 cm³/mol. The highest BCUT2D eigenvalue weighted by atomic mass is 32.1. The molecular weight excluding hydrogens is 380 g/mol. The largest absolute Gasteiger partial charge is 0.376 e. The number of rotatable bonds is 5. The molecule has 0 bridgehead atoms. The second-order valence-electron chi connectivity index (χ2n) is 8.55. The molecule has 0 unspecified atom stereocenters. The van der Waals surface area contributed by atoms with Gasteiger partial charge in [-0.05, 0) is 62.2 Å². The Hall–Kier alpha value is -1.92. The average Bonchev–Trinajstić information content (AvgIpc) is 3.50. The molecule has 1 aliphatic carbocycles. The first-order valence-electron chi connectivity index (χ1n) is 11.1. The Labute approximate surface area is 178 Å². The van der Waals surface area contributed by atoms with Gasteiger partial charge in [0, 0.05) is 37.3 Å². The van der Waals surface area contributed by atoms with Crippen molar-refractivity contribution in [3.05, 3.63) is 54.1 Å². The van der Waals surface area contributed by atoms with E-state index in [-0.39, 0.29) is 12.1 Å². The Bertz CT molecular complexity index is 826. The van der Waals surface area contributed by atoms with E-state index >= 15 is 0 Å². The van der Waals surface area contributed by atoms with Gasteiger partial charge in [0.2, 0.25) is 0 Å². The zero-order chi connectivity index (χ0) is 19.6. The van der Waals surface area contributed by atoms with Crippen LogP contribution in [0.5, 0.6) is 0 Å². The normalized spacial score (nSPS) is 28.1. The number of nitrogens with zero attached hydrogens (tertiary/aromatic N) is 3. The summed E-state index contributed by atoms with van der Waals surface area (Å²) < 4.78 is 8.32. The molecule has 154 valence electrons. The molecule has 3 aliphatic rings. The molecule has 4 heterocycles. The Morgan fingerprint density at radius 3 is 2.72 bits per heavy atom. The third-order valence-electron chi connectivity index (χ3n) is 6.70. The van der Waals surface area contributed by atoms with Crippen molar-refractivity contribution in [2.24, 2.45) is 0 Å². The van der Waals surface area contributed by atoms with E-state index in [1.54, 1.807) is 0 Å². The van der Waals surface area contributed by atoms with E-state index in [1.165, 1.54) is 44.2 Å². The number of aromatic nitrogens is 2. The molecule has 1 saturated carbocycles. The van der Waals surface area contributed by atoms with E-state index in [0.29, 0.717) is 12.1 Å². The lowest BCUT2D eigenvalue weighted by Crippen LogP contribution is -2.41. The fraction of sp³-hybridized carbons (Fsp3) is 0.565. The van der Waals surface area contributed by atoms with Crippen molar-refractivity contribution in [2.45, 2.75) is 75.7 Å². The summed E-state index contributed by atoms with van der Waals surface area (Å²) in [6.45, 7) is 1.81. The maximum Gasteiger partial charge on any atom is 0.170 e. The molecule has 5 nitrogen and oxygen atoms in total. The summed E-state index contributed by atoms with van der Waals surface area (Å²) in [4.78, 5) is 7.18. The van der Waals surface area contributed by atoms with E-state index < -0.39 is 0 Å². The highest BCUT2D eigenvalue weighted by Crippen LogP contribution is 2.42. The fourth-order valence-corrected chi connectivity index (χ4v) is 5.69. The van der Waals surface area contributed by atoms with Gasteiger partial charge < -0.3 is 19.5 Å². The molecule has 0 aromatic carbocycles. The number of hydrogen-bond acceptors (Lipinski definition) is 3. The zero-order valence-electron chi connectivity index (χ0n) is 16.9. The highest BCUT2D eigenvalue weighted by molar-refractivity contribution is 7.80. The maximum absolute atomic E-state index is 5.93. The topological polar surface area (TPSA) is 42.3 Å². The molecule has 2 aromatic rings. The minimum atomic E-state index is 0.0729. The van der Waals surface area contributed by atoms with Crippen LogP contribution < -0.4 is 5.32 Å². The Balaban J connectivity index is 1.51. The van der Waals surface area contributed by atoms with Gasteiger partial charge in [-0.2, -0.15) is 0 Å². The molecule has 0 spiro atoms. The monoisotopic (exact) mass is 410 g/mol. The van der Waals surface area contributed by atoms with E-state index in [1.807, 2.05) is 12.3 Å². The summed E-state index contributed by atoms with van der Waals surface area (Å²) in [5, 5.41) is 4.50. The van der Waals surface area contributed by atoms with Crippen molar-refractivity contribution >= 4 is 17.3 Å². The lowest BCUT2D eigenvalue weighted by Gasteiger charge is -2.37. The van der Waals surface area contributed by atoms with Gasteiger partial charge in [-0.3, -0.25) is 4.98 Å². The zero-order valence-corrected chi connectivity index (χ0v) is 17.7. The van der Waals surface area contributed by atoms with Crippen LogP contribution in [0.15, 0.2) is 42.7 Å². The van der Waals surface area contributed by atoms with Crippen molar-refractivity contribution in [1.29, 1.82) is 0 Å². The van der Waals surface area contributed by atoms with Gasteiger partial charge in [-0.1, -0.05) is 25.3 Å². The fourth-order valence-electron chi connectivity index (χ4n) is 5.30. The van der Waals surface area contributed by atoms with E-state index in [0.717, 1.165) is 30.4 Å². The molecule has 2 saturated heterocycles. The number of thiocarbonyl (C=S) groups is 1. The van der Waals surface area contributed by atoms with Crippen molar-refractivity contribution in [3.8, 4) is 0 Å². The third-order valence-corrected chi connectivity index (χ3v) is 7.02. The number of pyridine rings is 1. The van der Waals surface area contributed by atoms with Gasteiger partial charge in [0.25, 0.3) is 0 Å². The van der Waals surface area contributed by atoms with Crippen LogP contribution in [-0.4, -0.2) is 38.3 Å². The first-order valence-corrected chi connectivity index (χ1v) is 11.5. The summed E-state index contributed by atoms with van der Waals surface area (Å²) in [5.74, 6) is 0. The van der Waals surface area contributed by atoms with Gasteiger partial charge in [-0.25, -0.2) is 0 Å². The van der Waals surface area contributed by atoms with Crippen molar-refractivity contribution < 1.29 is 4.74 Å². The van der Waals surface area contributed by atoms with Gasteiger partial charge in [0.05, 0.1) is 23.9 Å². The van der Waals surface area contributed by atoms with Crippen LogP contribution in [0.2, 0.25) is 0 Å². The lowest BCUT2D eigenvalue weighted by atomic mass is 9.92. The van der Waals surface area contributed by atoms with Crippen LogP contribution in [0.4, 0.5) is 0 Å². The number of nitrogens with one attached hydrogen (secondary N) is 1. The molecule has 0 radical (unpaired) electrons. The maximum atomic E-state index is 5.93. The van der Waals surface area contributed by atoms with Crippen LogP contribution in [0, 0.1) is 0 Å². The van der Waals surface area contributed by atoms with E-state index in [2.05, 4.69) is 50.2 Å². The van der Waals surface area contributed by atoms with Gasteiger partial charge in [0.15, 0.2) is 5.11 Å². The van der Waals surface area contributed by atoms with Gasteiger partial charge in [-0.15, -0.1) is 0 Å². The smallest absolute Gasteiger partial charge is 0.170 e. The first-order chi connectivity index (χ1) is 14.3. The van der Waals surface area contributed by atoms with Crippen LogP contribution in [-0.2, 0) is 11.3 Å². The van der Waals surface area contributed by atoms with Crippen molar-refractivity contribution in [3.63, 3.8) is 0 Å². The van der Waals surface area contributed by atoms with Gasteiger partial charge >= 0.3 is 0 Å². The minimum absolute atomic E-state index is 0.0729. The molecule has 2 aliphatic heterocycles. The van der Waals surface area contributed by atoms with Crippen LogP contribution in [0.25, 0.3) is 0 Å².